The highest BCUT2D eigenvalue weighted by Gasteiger charge is 2.18. The average molecular weight is 842 g/mol. The maximum absolute atomic E-state index is 12.5. The summed E-state index contributed by atoms with van der Waals surface area (Å²) < 4.78 is 0. The molecule has 0 aromatic carbocycles. The number of unbranched alkanes of at least 4 members (excludes halogenated alkanes) is 39. The zero-order valence-corrected chi connectivity index (χ0v) is 40.7. The molecule has 0 saturated heterocycles. The number of rotatable bonds is 50. The number of amides is 1. The summed E-state index contributed by atoms with van der Waals surface area (Å²) in [5.74, 6) is -0.0716. The van der Waals surface area contributed by atoms with E-state index < -0.39 is 12.1 Å². The normalized spacial score (nSPS) is 13.1. The lowest BCUT2D eigenvalue weighted by atomic mass is 10.0. The van der Waals surface area contributed by atoms with Gasteiger partial charge in [-0.2, -0.15) is 0 Å². The molecule has 2 unspecified atom stereocenters. The van der Waals surface area contributed by atoms with Crippen molar-refractivity contribution in [2.45, 2.75) is 309 Å². The molecule has 354 valence electrons. The van der Waals surface area contributed by atoms with Crippen LogP contribution in [-0.4, -0.2) is 34.9 Å². The Morgan fingerprint density at radius 1 is 0.383 bits per heavy atom. The second-order valence-corrected chi connectivity index (χ2v) is 18.6. The molecule has 0 spiro atoms. The lowest BCUT2D eigenvalue weighted by Gasteiger charge is -2.19. The summed E-state index contributed by atoms with van der Waals surface area (Å²) in [4.78, 5) is 12.5. The van der Waals surface area contributed by atoms with Crippen LogP contribution < -0.4 is 5.32 Å². The molecule has 3 N–H and O–H groups in total. The first-order valence-electron chi connectivity index (χ1n) is 27.2. The number of allylic oxidation sites excluding steroid dienone is 5. The molecule has 0 aliphatic heterocycles. The molecule has 4 heteroatoms. The second kappa shape index (κ2) is 52.0. The third-order valence-electron chi connectivity index (χ3n) is 12.6. The fraction of sp³-hybridized carbons (Fsp3) is 0.875. The first-order chi connectivity index (χ1) is 29.7. The van der Waals surface area contributed by atoms with Gasteiger partial charge in [0.15, 0.2) is 0 Å². The summed E-state index contributed by atoms with van der Waals surface area (Å²) in [5.41, 5.74) is 0. The van der Waals surface area contributed by atoms with Gasteiger partial charge < -0.3 is 15.5 Å². The van der Waals surface area contributed by atoms with Crippen molar-refractivity contribution in [2.24, 2.45) is 0 Å². The van der Waals surface area contributed by atoms with E-state index in [1.807, 2.05) is 6.08 Å². The summed E-state index contributed by atoms with van der Waals surface area (Å²) in [6.07, 6.45) is 70.1. The SMILES string of the molecule is CCCCCCCCCCCCCC/C=C\CCCCCCCCCCCCC(=O)NC(CO)C(O)/C=C/CC/C=C/CCCCCCCCCCCCCCCCCC. The van der Waals surface area contributed by atoms with Gasteiger partial charge in [-0.15, -0.1) is 0 Å². The Bertz CT molecular complexity index is 912. The van der Waals surface area contributed by atoms with Crippen LogP contribution in [-0.2, 0) is 4.79 Å². The van der Waals surface area contributed by atoms with Crippen LogP contribution in [0.3, 0.4) is 0 Å². The first kappa shape index (κ1) is 58.6. The van der Waals surface area contributed by atoms with Gasteiger partial charge in [0.05, 0.1) is 18.8 Å². The van der Waals surface area contributed by atoms with E-state index in [9.17, 15) is 15.0 Å². The second-order valence-electron chi connectivity index (χ2n) is 18.6. The molecule has 0 bridgehead atoms. The molecule has 0 heterocycles. The fourth-order valence-electron chi connectivity index (χ4n) is 8.43. The van der Waals surface area contributed by atoms with E-state index in [0.29, 0.717) is 6.42 Å². The third-order valence-corrected chi connectivity index (χ3v) is 12.6. The van der Waals surface area contributed by atoms with Gasteiger partial charge in [-0.3, -0.25) is 4.79 Å². The topological polar surface area (TPSA) is 69.6 Å². The highest BCUT2D eigenvalue weighted by atomic mass is 16.3. The minimum atomic E-state index is -0.863. The van der Waals surface area contributed by atoms with E-state index in [0.717, 1.165) is 32.1 Å². The van der Waals surface area contributed by atoms with Crippen molar-refractivity contribution in [2.75, 3.05) is 6.61 Å². The smallest absolute Gasteiger partial charge is 0.220 e. The number of carbonyl (C=O) groups excluding carboxylic acids is 1. The van der Waals surface area contributed by atoms with E-state index >= 15 is 0 Å². The van der Waals surface area contributed by atoms with Crippen molar-refractivity contribution in [3.63, 3.8) is 0 Å². The van der Waals surface area contributed by atoms with E-state index in [4.69, 9.17) is 0 Å². The Balaban J connectivity index is 3.53. The van der Waals surface area contributed by atoms with E-state index in [1.54, 1.807) is 6.08 Å². The quantitative estimate of drug-likeness (QED) is 0.0422. The minimum Gasteiger partial charge on any atom is -0.394 e. The molecule has 0 aromatic heterocycles. The van der Waals surface area contributed by atoms with E-state index in [-0.39, 0.29) is 12.5 Å². The molecule has 0 aromatic rings. The molecule has 0 rings (SSSR count). The van der Waals surface area contributed by atoms with Crippen LogP contribution >= 0.6 is 0 Å². The maximum atomic E-state index is 12.5. The molecule has 0 fully saturated rings. The summed E-state index contributed by atoms with van der Waals surface area (Å²) >= 11 is 0. The van der Waals surface area contributed by atoms with Gasteiger partial charge in [0, 0.05) is 6.42 Å². The largest absolute Gasteiger partial charge is 0.394 e. The maximum Gasteiger partial charge on any atom is 0.220 e. The molecular weight excluding hydrogens is 735 g/mol. The van der Waals surface area contributed by atoms with Crippen molar-refractivity contribution >= 4 is 5.91 Å². The van der Waals surface area contributed by atoms with Crippen molar-refractivity contribution in [1.29, 1.82) is 0 Å². The molecule has 60 heavy (non-hydrogen) atoms. The van der Waals surface area contributed by atoms with Crippen LogP contribution in [0, 0.1) is 0 Å². The lowest BCUT2D eigenvalue weighted by Crippen LogP contribution is -2.45. The van der Waals surface area contributed by atoms with Gasteiger partial charge in [-0.25, -0.2) is 0 Å². The van der Waals surface area contributed by atoms with Crippen LogP contribution in [0.15, 0.2) is 36.5 Å². The molecule has 0 aliphatic carbocycles. The number of nitrogens with one attached hydrogen (secondary N) is 1. The Morgan fingerprint density at radius 2 is 0.650 bits per heavy atom. The van der Waals surface area contributed by atoms with Gasteiger partial charge in [0.25, 0.3) is 0 Å². The highest BCUT2D eigenvalue weighted by Crippen LogP contribution is 2.16. The Hall–Kier alpha value is -1.39. The van der Waals surface area contributed by atoms with Gasteiger partial charge in [-0.1, -0.05) is 269 Å². The zero-order valence-electron chi connectivity index (χ0n) is 40.7. The number of aliphatic hydroxyl groups is 2. The van der Waals surface area contributed by atoms with E-state index in [2.05, 4.69) is 43.5 Å². The molecule has 0 aliphatic rings. The molecule has 0 saturated carbocycles. The molecule has 1 amide bonds. The zero-order chi connectivity index (χ0) is 43.5. The third kappa shape index (κ3) is 47.7. The molecule has 0 radical (unpaired) electrons. The summed E-state index contributed by atoms with van der Waals surface area (Å²) in [6.45, 7) is 4.33. The summed E-state index contributed by atoms with van der Waals surface area (Å²) in [5, 5.41) is 23.1. The van der Waals surface area contributed by atoms with Crippen molar-refractivity contribution in [1.82, 2.24) is 5.32 Å². The summed E-state index contributed by atoms with van der Waals surface area (Å²) in [6, 6.07) is -0.640. The fourth-order valence-corrected chi connectivity index (χ4v) is 8.43. The Morgan fingerprint density at radius 3 is 0.967 bits per heavy atom. The monoisotopic (exact) mass is 842 g/mol. The first-order valence-corrected chi connectivity index (χ1v) is 27.2. The van der Waals surface area contributed by atoms with Crippen LogP contribution in [0.1, 0.15) is 296 Å². The minimum absolute atomic E-state index is 0.0716. The predicted octanol–water partition coefficient (Wildman–Crippen LogP) is 17.7. The highest BCUT2D eigenvalue weighted by molar-refractivity contribution is 5.76. The summed E-state index contributed by atoms with van der Waals surface area (Å²) in [7, 11) is 0. The van der Waals surface area contributed by atoms with Crippen LogP contribution in [0.4, 0.5) is 0 Å². The Labute approximate surface area is 376 Å². The van der Waals surface area contributed by atoms with Crippen molar-refractivity contribution in [3.8, 4) is 0 Å². The van der Waals surface area contributed by atoms with Gasteiger partial charge in [-0.05, 0) is 57.8 Å². The molecular formula is C56H107NO3. The standard InChI is InChI=1S/C56H107NO3/c1-3-5-7-9-11-13-15-17-19-21-23-25-27-28-29-30-32-34-36-38-40-42-44-46-48-50-52-56(60)57-54(53-58)55(59)51-49-47-45-43-41-39-37-35-33-31-26-24-22-20-18-16-14-12-10-8-6-4-2/h28-29,41,43,49,51,54-55,58-59H,3-27,30-40,42,44-48,50,52-53H2,1-2H3,(H,57,60)/b29-28-,43-41+,51-49+. The van der Waals surface area contributed by atoms with Crippen molar-refractivity contribution in [3.05, 3.63) is 36.5 Å². The van der Waals surface area contributed by atoms with Crippen LogP contribution in [0.2, 0.25) is 0 Å². The molecule has 4 nitrogen and oxygen atoms in total. The van der Waals surface area contributed by atoms with Crippen LogP contribution in [0.25, 0.3) is 0 Å². The predicted molar refractivity (Wildman–Crippen MR) is 267 cm³/mol. The van der Waals surface area contributed by atoms with Crippen molar-refractivity contribution < 1.29 is 15.0 Å². The number of hydrogen-bond acceptors (Lipinski definition) is 3. The number of aliphatic hydroxyl groups excluding tert-OH is 2. The molecule has 2 atom stereocenters. The number of carbonyl (C=O) groups is 1. The van der Waals surface area contributed by atoms with E-state index in [1.165, 1.54) is 244 Å². The lowest BCUT2D eigenvalue weighted by molar-refractivity contribution is -0.123. The van der Waals surface area contributed by atoms with Gasteiger partial charge >= 0.3 is 0 Å². The van der Waals surface area contributed by atoms with Gasteiger partial charge in [0.1, 0.15) is 0 Å². The average Bonchev–Trinajstić information content (AvgIpc) is 3.25. The van der Waals surface area contributed by atoms with Crippen LogP contribution in [0.5, 0.6) is 0 Å². The number of hydrogen-bond donors (Lipinski definition) is 3. The van der Waals surface area contributed by atoms with Gasteiger partial charge in [0.2, 0.25) is 5.91 Å². The Kier molecular flexibility index (Phi) is 50.8.